The molecule has 5 heteroatoms. The first kappa shape index (κ1) is 14.9. The van der Waals surface area contributed by atoms with Gasteiger partial charge in [0.2, 0.25) is 5.91 Å². The van der Waals surface area contributed by atoms with Crippen molar-refractivity contribution in [3.05, 3.63) is 65.5 Å². The first-order chi connectivity index (χ1) is 11.7. The number of nitrogens with one attached hydrogen (secondary N) is 1. The van der Waals surface area contributed by atoms with Gasteiger partial charge in [0, 0.05) is 19.5 Å². The molecular formula is C19H18FN3O. The van der Waals surface area contributed by atoms with Crippen molar-refractivity contribution in [1.29, 1.82) is 0 Å². The molecule has 0 saturated carbocycles. The smallest absolute Gasteiger partial charge is 0.243 e. The van der Waals surface area contributed by atoms with Gasteiger partial charge in [0.15, 0.2) is 0 Å². The van der Waals surface area contributed by atoms with Gasteiger partial charge in [-0.1, -0.05) is 30.3 Å². The van der Waals surface area contributed by atoms with E-state index in [2.05, 4.69) is 21.3 Å². The Kier molecular flexibility index (Phi) is 3.76. The maximum Gasteiger partial charge on any atom is 0.243 e. The molecule has 0 bridgehead atoms. The second-order valence-electron chi connectivity index (χ2n) is 6.18. The Bertz CT molecular complexity index is 801. The Morgan fingerprint density at radius 2 is 2.00 bits per heavy atom. The van der Waals surface area contributed by atoms with Crippen LogP contribution in [-0.4, -0.2) is 22.7 Å². The molecule has 4 rings (SSSR count). The number of hydrogen-bond donors (Lipinski definition) is 1. The highest BCUT2D eigenvalue weighted by Gasteiger charge is 2.36. The third-order valence-electron chi connectivity index (χ3n) is 4.61. The zero-order valence-electron chi connectivity index (χ0n) is 13.2. The summed E-state index contributed by atoms with van der Waals surface area (Å²) < 4.78 is 12.9. The molecule has 2 heterocycles. The van der Waals surface area contributed by atoms with E-state index in [1.54, 1.807) is 12.1 Å². The number of halogens is 1. The van der Waals surface area contributed by atoms with Gasteiger partial charge in [0.25, 0.3) is 0 Å². The molecule has 4 nitrogen and oxygen atoms in total. The molecule has 1 atom stereocenters. The van der Waals surface area contributed by atoms with Gasteiger partial charge in [-0.2, -0.15) is 0 Å². The zero-order chi connectivity index (χ0) is 16.5. The Balaban J connectivity index is 1.44. The molecule has 1 fully saturated rings. The van der Waals surface area contributed by atoms with E-state index in [1.165, 1.54) is 12.1 Å². The molecule has 2 aliphatic rings. The summed E-state index contributed by atoms with van der Waals surface area (Å²) in [5.41, 5.74) is 3.05. The normalized spacial score (nSPS) is 18.6. The van der Waals surface area contributed by atoms with E-state index in [0.29, 0.717) is 6.54 Å². The standard InChI is InChI=1S/C19H18FN3O/c20-15-7-5-13(6-8-15)11-21-19(24)17-9-10-18-22-16-4-2-1-3-14(16)12-23(17)18/h1-8,17H,9-12H2,(H,21,24)/t17-/m1/s1. The number of nitrogens with zero attached hydrogens (tertiary/aromatic N) is 2. The number of carbonyl (C=O) groups is 1. The molecule has 1 N–H and O–H groups in total. The Morgan fingerprint density at radius 1 is 1.21 bits per heavy atom. The Hall–Kier alpha value is -2.69. The van der Waals surface area contributed by atoms with Crippen LogP contribution in [0.4, 0.5) is 10.1 Å². The molecule has 1 amide bonds. The fraction of sp³-hybridized carbons (Fsp3) is 0.263. The van der Waals surface area contributed by atoms with Crippen LogP contribution in [-0.2, 0) is 17.9 Å². The lowest BCUT2D eigenvalue weighted by atomic mass is 10.1. The monoisotopic (exact) mass is 323 g/mol. The van der Waals surface area contributed by atoms with Gasteiger partial charge in [-0.25, -0.2) is 9.38 Å². The predicted molar refractivity (Wildman–Crippen MR) is 90.3 cm³/mol. The first-order valence-electron chi connectivity index (χ1n) is 8.15. The molecule has 0 radical (unpaired) electrons. The van der Waals surface area contributed by atoms with Crippen LogP contribution in [0.2, 0.25) is 0 Å². The molecule has 2 aromatic rings. The molecule has 0 aliphatic carbocycles. The van der Waals surface area contributed by atoms with Crippen molar-refractivity contribution in [2.45, 2.75) is 32.0 Å². The Morgan fingerprint density at radius 3 is 2.83 bits per heavy atom. The number of rotatable bonds is 3. The molecular weight excluding hydrogens is 305 g/mol. The van der Waals surface area contributed by atoms with Gasteiger partial charge in [-0.05, 0) is 35.7 Å². The van der Waals surface area contributed by atoms with Gasteiger partial charge < -0.3 is 10.2 Å². The number of amidine groups is 1. The molecule has 24 heavy (non-hydrogen) atoms. The van der Waals surface area contributed by atoms with Gasteiger partial charge in [-0.3, -0.25) is 4.79 Å². The number of aliphatic imine (C=N–C) groups is 1. The van der Waals surface area contributed by atoms with Crippen LogP contribution in [0.25, 0.3) is 0 Å². The van der Waals surface area contributed by atoms with Crippen LogP contribution in [0.5, 0.6) is 0 Å². The van der Waals surface area contributed by atoms with E-state index >= 15 is 0 Å². The number of amides is 1. The predicted octanol–water partition coefficient (Wildman–Crippen LogP) is 3.15. The van der Waals surface area contributed by atoms with Crippen LogP contribution in [0.3, 0.4) is 0 Å². The second kappa shape index (κ2) is 6.07. The SMILES string of the molecule is O=C(NCc1ccc(F)cc1)[C@H]1CCC2=Nc3ccccc3CN21. The van der Waals surface area contributed by atoms with Crippen LogP contribution >= 0.6 is 0 Å². The third-order valence-corrected chi connectivity index (χ3v) is 4.61. The molecule has 0 spiro atoms. The minimum Gasteiger partial charge on any atom is -0.350 e. The van der Waals surface area contributed by atoms with Crippen molar-refractivity contribution in [2.75, 3.05) is 0 Å². The summed E-state index contributed by atoms with van der Waals surface area (Å²) in [4.78, 5) is 19.4. The highest BCUT2D eigenvalue weighted by atomic mass is 19.1. The fourth-order valence-corrected chi connectivity index (χ4v) is 3.32. The first-order valence-corrected chi connectivity index (χ1v) is 8.15. The number of benzene rings is 2. The summed E-state index contributed by atoms with van der Waals surface area (Å²) >= 11 is 0. The summed E-state index contributed by atoms with van der Waals surface area (Å²) in [5, 5.41) is 2.96. The number of hydrogen-bond acceptors (Lipinski definition) is 3. The minimum atomic E-state index is -0.270. The lowest BCUT2D eigenvalue weighted by Gasteiger charge is -2.29. The minimum absolute atomic E-state index is 0.00362. The van der Waals surface area contributed by atoms with Crippen LogP contribution in [0.1, 0.15) is 24.0 Å². The lowest BCUT2D eigenvalue weighted by molar-refractivity contribution is -0.125. The highest BCUT2D eigenvalue weighted by molar-refractivity contribution is 5.95. The van der Waals surface area contributed by atoms with Crippen molar-refractivity contribution in [3.63, 3.8) is 0 Å². The second-order valence-corrected chi connectivity index (χ2v) is 6.18. The lowest BCUT2D eigenvalue weighted by Crippen LogP contribution is -2.44. The van der Waals surface area contributed by atoms with Crippen LogP contribution < -0.4 is 5.32 Å². The van der Waals surface area contributed by atoms with Gasteiger partial charge in [0.05, 0.1) is 5.69 Å². The summed E-state index contributed by atoms with van der Waals surface area (Å²) in [5.74, 6) is 0.730. The molecule has 0 aromatic heterocycles. The van der Waals surface area contributed by atoms with E-state index in [9.17, 15) is 9.18 Å². The van der Waals surface area contributed by atoms with Gasteiger partial charge in [-0.15, -0.1) is 0 Å². The van der Waals surface area contributed by atoms with Crippen LogP contribution in [0, 0.1) is 5.82 Å². The third kappa shape index (κ3) is 2.77. The summed E-state index contributed by atoms with van der Waals surface area (Å²) in [7, 11) is 0. The maximum atomic E-state index is 12.9. The average molecular weight is 323 g/mol. The highest BCUT2D eigenvalue weighted by Crippen LogP contribution is 2.32. The van der Waals surface area contributed by atoms with Crippen molar-refractivity contribution in [1.82, 2.24) is 10.2 Å². The van der Waals surface area contributed by atoms with Gasteiger partial charge in [0.1, 0.15) is 17.7 Å². The maximum absolute atomic E-state index is 12.9. The van der Waals surface area contributed by atoms with Crippen molar-refractivity contribution in [3.8, 4) is 0 Å². The van der Waals surface area contributed by atoms with Crippen molar-refractivity contribution in [2.24, 2.45) is 4.99 Å². The summed E-state index contributed by atoms with van der Waals surface area (Å²) in [6, 6.07) is 14.1. The van der Waals surface area contributed by atoms with E-state index in [1.807, 2.05) is 18.2 Å². The summed E-state index contributed by atoms with van der Waals surface area (Å²) in [6.07, 6.45) is 1.60. The van der Waals surface area contributed by atoms with Crippen LogP contribution in [0.15, 0.2) is 53.5 Å². The number of carbonyl (C=O) groups excluding carboxylic acids is 1. The average Bonchev–Trinajstić information content (AvgIpc) is 3.02. The Labute approximate surface area is 140 Å². The van der Waals surface area contributed by atoms with E-state index in [4.69, 9.17) is 0 Å². The summed E-state index contributed by atoms with van der Waals surface area (Å²) in [6.45, 7) is 1.14. The zero-order valence-corrected chi connectivity index (χ0v) is 13.2. The van der Waals surface area contributed by atoms with Gasteiger partial charge >= 0.3 is 0 Å². The number of para-hydroxylation sites is 1. The van der Waals surface area contributed by atoms with Crippen molar-refractivity contribution >= 4 is 17.4 Å². The molecule has 122 valence electrons. The topological polar surface area (TPSA) is 44.7 Å². The molecule has 0 unspecified atom stereocenters. The number of fused-ring (bicyclic) bond motifs is 2. The van der Waals surface area contributed by atoms with E-state index in [-0.39, 0.29) is 17.8 Å². The molecule has 1 saturated heterocycles. The van der Waals surface area contributed by atoms with Crippen molar-refractivity contribution < 1.29 is 9.18 Å². The van der Waals surface area contributed by atoms with E-state index in [0.717, 1.165) is 42.0 Å². The largest absolute Gasteiger partial charge is 0.350 e. The molecule has 2 aromatic carbocycles. The van der Waals surface area contributed by atoms with E-state index < -0.39 is 0 Å². The fourth-order valence-electron chi connectivity index (χ4n) is 3.32. The molecule has 2 aliphatic heterocycles. The quantitative estimate of drug-likeness (QED) is 0.943.